The van der Waals surface area contributed by atoms with E-state index in [1.807, 2.05) is 12.1 Å². The van der Waals surface area contributed by atoms with Crippen molar-refractivity contribution in [2.75, 3.05) is 0 Å². The van der Waals surface area contributed by atoms with Crippen molar-refractivity contribution < 1.29 is 0 Å². The summed E-state index contributed by atoms with van der Waals surface area (Å²) in [4.78, 5) is 0. The molecule has 0 amide bonds. The molecule has 2 aliphatic rings. The van der Waals surface area contributed by atoms with Crippen LogP contribution in [0.25, 0.3) is 0 Å². The lowest BCUT2D eigenvalue weighted by atomic mass is 9.98. The highest BCUT2D eigenvalue weighted by Crippen LogP contribution is 2.58. The molecule has 3 unspecified atom stereocenters. The summed E-state index contributed by atoms with van der Waals surface area (Å²) in [7, 11) is 0. The van der Waals surface area contributed by atoms with Gasteiger partial charge in [-0.25, -0.2) is 0 Å². The summed E-state index contributed by atoms with van der Waals surface area (Å²) in [6.07, 6.45) is 5.28. The van der Waals surface area contributed by atoms with Gasteiger partial charge in [0, 0.05) is 11.1 Å². The molecule has 0 aromatic heterocycles. The van der Waals surface area contributed by atoms with Crippen LogP contribution in [0.4, 0.5) is 0 Å². The van der Waals surface area contributed by atoms with Crippen molar-refractivity contribution in [3.8, 4) is 0 Å². The maximum atomic E-state index is 6.31. The van der Waals surface area contributed by atoms with E-state index < -0.39 is 0 Å². The van der Waals surface area contributed by atoms with Crippen LogP contribution in [-0.2, 0) is 6.42 Å². The summed E-state index contributed by atoms with van der Waals surface area (Å²) < 4.78 is 0. The molecule has 1 aromatic carbocycles. The van der Waals surface area contributed by atoms with Crippen LogP contribution in [0.2, 0.25) is 5.02 Å². The molecule has 16 heavy (non-hydrogen) atoms. The normalized spacial score (nSPS) is 33.5. The van der Waals surface area contributed by atoms with Crippen molar-refractivity contribution in [3.05, 3.63) is 34.9 Å². The summed E-state index contributed by atoms with van der Waals surface area (Å²) in [5.74, 6) is 2.73. The smallest absolute Gasteiger partial charge is 0.0406 e. The molecule has 2 heteroatoms. The molecule has 2 saturated carbocycles. The van der Waals surface area contributed by atoms with Gasteiger partial charge in [-0.05, 0) is 54.7 Å². The fourth-order valence-corrected chi connectivity index (χ4v) is 3.67. The molecule has 3 rings (SSSR count). The standard InChI is InChI=1S/C14H18ClN/c15-10-6-4-9(5-7-10)8-13(16)14-11-2-1-3-12(11)14/h4-7,11-14H,1-3,8,16H2. The van der Waals surface area contributed by atoms with Crippen LogP contribution in [0.15, 0.2) is 24.3 Å². The van der Waals surface area contributed by atoms with Gasteiger partial charge in [0.2, 0.25) is 0 Å². The summed E-state index contributed by atoms with van der Waals surface area (Å²) in [6.45, 7) is 0. The Hall–Kier alpha value is -0.530. The van der Waals surface area contributed by atoms with Crippen molar-refractivity contribution in [1.82, 2.24) is 0 Å². The Bertz CT molecular complexity index is 363. The van der Waals surface area contributed by atoms with Crippen molar-refractivity contribution in [3.63, 3.8) is 0 Å². The SMILES string of the molecule is NC(Cc1ccc(Cl)cc1)C1C2CCCC21. The molecule has 2 fully saturated rings. The quantitative estimate of drug-likeness (QED) is 0.855. The number of hydrogen-bond donors (Lipinski definition) is 1. The van der Waals surface area contributed by atoms with Crippen molar-refractivity contribution in [1.29, 1.82) is 0 Å². The average molecular weight is 236 g/mol. The Labute approximate surface area is 102 Å². The molecule has 1 nitrogen and oxygen atoms in total. The molecule has 0 saturated heterocycles. The average Bonchev–Trinajstić information content (AvgIpc) is 2.76. The van der Waals surface area contributed by atoms with Crippen LogP contribution in [-0.4, -0.2) is 6.04 Å². The summed E-state index contributed by atoms with van der Waals surface area (Å²) >= 11 is 5.87. The number of benzene rings is 1. The fourth-order valence-electron chi connectivity index (χ4n) is 3.54. The van der Waals surface area contributed by atoms with Gasteiger partial charge >= 0.3 is 0 Å². The van der Waals surface area contributed by atoms with Crippen molar-refractivity contribution in [2.24, 2.45) is 23.5 Å². The lowest BCUT2D eigenvalue weighted by molar-refractivity contribution is 0.484. The van der Waals surface area contributed by atoms with E-state index in [1.165, 1.54) is 24.8 Å². The summed E-state index contributed by atoms with van der Waals surface area (Å²) in [6, 6.07) is 8.46. The van der Waals surface area contributed by atoms with Crippen LogP contribution < -0.4 is 5.73 Å². The Morgan fingerprint density at radius 3 is 2.44 bits per heavy atom. The van der Waals surface area contributed by atoms with Gasteiger partial charge in [0.15, 0.2) is 0 Å². The van der Waals surface area contributed by atoms with Crippen molar-refractivity contribution >= 4 is 11.6 Å². The van der Waals surface area contributed by atoms with E-state index in [0.717, 1.165) is 29.2 Å². The first kappa shape index (κ1) is 10.6. The van der Waals surface area contributed by atoms with Crippen LogP contribution in [0.5, 0.6) is 0 Å². The van der Waals surface area contributed by atoms with E-state index in [4.69, 9.17) is 17.3 Å². The molecule has 0 bridgehead atoms. The second kappa shape index (κ2) is 4.05. The van der Waals surface area contributed by atoms with Crippen LogP contribution in [0.3, 0.4) is 0 Å². The zero-order valence-electron chi connectivity index (χ0n) is 9.40. The number of fused-ring (bicyclic) bond motifs is 1. The van der Waals surface area contributed by atoms with Crippen LogP contribution in [0.1, 0.15) is 24.8 Å². The van der Waals surface area contributed by atoms with Gasteiger partial charge in [-0.15, -0.1) is 0 Å². The first-order chi connectivity index (χ1) is 7.75. The summed E-state index contributed by atoms with van der Waals surface area (Å²) in [5.41, 5.74) is 7.63. The number of rotatable bonds is 3. The lowest BCUT2D eigenvalue weighted by Gasteiger charge is -2.13. The van der Waals surface area contributed by atoms with E-state index in [-0.39, 0.29) is 0 Å². The minimum Gasteiger partial charge on any atom is -0.327 e. The van der Waals surface area contributed by atoms with E-state index in [9.17, 15) is 0 Å². The highest BCUT2D eigenvalue weighted by Gasteiger charge is 2.54. The Morgan fingerprint density at radius 2 is 1.81 bits per heavy atom. The number of nitrogens with two attached hydrogens (primary N) is 1. The Kier molecular flexibility index (Phi) is 2.68. The molecule has 0 aliphatic heterocycles. The van der Waals surface area contributed by atoms with Crippen LogP contribution in [0, 0.1) is 17.8 Å². The molecular weight excluding hydrogens is 218 g/mol. The third-order valence-corrected chi connectivity index (χ3v) is 4.60. The maximum Gasteiger partial charge on any atom is 0.0406 e. The third-order valence-electron chi connectivity index (χ3n) is 4.35. The minimum atomic E-state index is 0.358. The summed E-state index contributed by atoms with van der Waals surface area (Å²) in [5, 5.41) is 0.806. The molecule has 0 spiro atoms. The number of halogens is 1. The first-order valence-corrected chi connectivity index (χ1v) is 6.63. The molecule has 3 atom stereocenters. The highest BCUT2D eigenvalue weighted by atomic mass is 35.5. The fraction of sp³-hybridized carbons (Fsp3) is 0.571. The molecule has 0 heterocycles. The third kappa shape index (κ3) is 1.87. The largest absolute Gasteiger partial charge is 0.327 e. The molecule has 2 aliphatic carbocycles. The Morgan fingerprint density at radius 1 is 1.19 bits per heavy atom. The molecule has 1 aromatic rings. The van der Waals surface area contributed by atoms with Crippen molar-refractivity contribution in [2.45, 2.75) is 31.7 Å². The van der Waals surface area contributed by atoms with Gasteiger partial charge < -0.3 is 5.73 Å². The highest BCUT2D eigenvalue weighted by molar-refractivity contribution is 6.30. The van der Waals surface area contributed by atoms with Gasteiger partial charge in [-0.1, -0.05) is 30.2 Å². The van der Waals surface area contributed by atoms with E-state index in [0.29, 0.717) is 6.04 Å². The minimum absolute atomic E-state index is 0.358. The predicted octanol–water partition coefficient (Wildman–Crippen LogP) is 3.26. The van der Waals surface area contributed by atoms with E-state index >= 15 is 0 Å². The molecule has 86 valence electrons. The monoisotopic (exact) mass is 235 g/mol. The first-order valence-electron chi connectivity index (χ1n) is 6.26. The van der Waals surface area contributed by atoms with Gasteiger partial charge in [0.25, 0.3) is 0 Å². The van der Waals surface area contributed by atoms with Gasteiger partial charge in [-0.2, -0.15) is 0 Å². The van der Waals surface area contributed by atoms with Gasteiger partial charge in [-0.3, -0.25) is 0 Å². The van der Waals surface area contributed by atoms with E-state index in [2.05, 4.69) is 12.1 Å². The number of hydrogen-bond acceptors (Lipinski definition) is 1. The van der Waals surface area contributed by atoms with Gasteiger partial charge in [0.05, 0.1) is 0 Å². The topological polar surface area (TPSA) is 26.0 Å². The molecule has 2 N–H and O–H groups in total. The second-order valence-corrected chi connectivity index (χ2v) is 5.77. The van der Waals surface area contributed by atoms with Crippen LogP contribution >= 0.6 is 11.6 Å². The molecular formula is C14H18ClN. The molecule has 0 radical (unpaired) electrons. The van der Waals surface area contributed by atoms with E-state index in [1.54, 1.807) is 0 Å². The second-order valence-electron chi connectivity index (χ2n) is 5.33. The zero-order valence-corrected chi connectivity index (χ0v) is 10.2. The Balaban J connectivity index is 1.60. The zero-order chi connectivity index (χ0) is 11.1. The van der Waals surface area contributed by atoms with Gasteiger partial charge in [0.1, 0.15) is 0 Å². The maximum absolute atomic E-state index is 6.31. The lowest BCUT2D eigenvalue weighted by Crippen LogP contribution is -2.27. The predicted molar refractivity (Wildman–Crippen MR) is 67.5 cm³/mol.